The van der Waals surface area contributed by atoms with Gasteiger partial charge in [-0.05, 0) is 31.5 Å². The fourth-order valence-electron chi connectivity index (χ4n) is 2.05. The van der Waals surface area contributed by atoms with E-state index in [1.54, 1.807) is 12.1 Å². The number of nitrogens with one attached hydrogen (secondary N) is 2. The van der Waals surface area contributed by atoms with Crippen LogP contribution < -0.4 is 10.6 Å². The minimum atomic E-state index is -0.324. The summed E-state index contributed by atoms with van der Waals surface area (Å²) in [6, 6.07) is 4.90. The highest BCUT2D eigenvalue weighted by Gasteiger charge is 2.12. The van der Waals surface area contributed by atoms with E-state index in [4.69, 9.17) is 0 Å². The summed E-state index contributed by atoms with van der Waals surface area (Å²) in [6.07, 6.45) is 3.27. The average molecular weight is 353 g/mol. The first-order chi connectivity index (χ1) is 10.2. The normalized spacial score (nSPS) is 10.5. The summed E-state index contributed by atoms with van der Waals surface area (Å²) in [6.45, 7) is 4.88. The molecular formula is C15H18BrFN4. The Morgan fingerprint density at radius 3 is 2.62 bits per heavy atom. The van der Waals surface area contributed by atoms with E-state index in [1.807, 2.05) is 6.92 Å². The Labute approximate surface area is 132 Å². The maximum atomic E-state index is 14.0. The summed E-state index contributed by atoms with van der Waals surface area (Å²) in [5.41, 5.74) is 1.38. The third-order valence-electron chi connectivity index (χ3n) is 2.97. The van der Waals surface area contributed by atoms with Gasteiger partial charge in [-0.2, -0.15) is 0 Å². The molecule has 0 atom stereocenters. The summed E-state index contributed by atoms with van der Waals surface area (Å²) in [5.74, 6) is 1.12. The van der Waals surface area contributed by atoms with Crippen molar-refractivity contribution in [3.05, 3.63) is 40.4 Å². The number of nitrogens with zero attached hydrogens (tertiary/aromatic N) is 2. The highest BCUT2D eigenvalue weighted by molar-refractivity contribution is 9.10. The standard InChI is InChI=1S/C15H18BrFN4/c1-3-5-11-14(18-4-2)19-9-20-15(11)21-13-7-6-10(16)8-12(13)17/h6-9H,3-5H2,1-2H3,(H2,18,19,20,21). The van der Waals surface area contributed by atoms with Gasteiger partial charge in [0.2, 0.25) is 0 Å². The Bertz CT molecular complexity index is 619. The number of rotatable bonds is 6. The van der Waals surface area contributed by atoms with E-state index in [-0.39, 0.29) is 5.82 Å². The molecule has 0 saturated heterocycles. The van der Waals surface area contributed by atoms with E-state index in [0.717, 1.165) is 30.8 Å². The van der Waals surface area contributed by atoms with Crippen molar-refractivity contribution in [3.8, 4) is 0 Å². The van der Waals surface area contributed by atoms with Gasteiger partial charge < -0.3 is 10.6 Å². The van der Waals surface area contributed by atoms with Gasteiger partial charge in [0.25, 0.3) is 0 Å². The van der Waals surface area contributed by atoms with Crippen LogP contribution in [-0.4, -0.2) is 16.5 Å². The number of hydrogen-bond donors (Lipinski definition) is 2. The van der Waals surface area contributed by atoms with Crippen molar-refractivity contribution in [1.29, 1.82) is 0 Å². The molecule has 112 valence electrons. The molecule has 0 aliphatic rings. The van der Waals surface area contributed by atoms with Gasteiger partial charge in [0.15, 0.2) is 0 Å². The molecule has 1 aromatic carbocycles. The van der Waals surface area contributed by atoms with Crippen LogP contribution in [0.4, 0.5) is 21.7 Å². The van der Waals surface area contributed by atoms with Crippen LogP contribution in [0, 0.1) is 5.82 Å². The van der Waals surface area contributed by atoms with Crippen molar-refractivity contribution in [2.24, 2.45) is 0 Å². The molecule has 1 heterocycles. The first-order valence-electron chi connectivity index (χ1n) is 6.95. The third kappa shape index (κ3) is 3.91. The van der Waals surface area contributed by atoms with Gasteiger partial charge in [0, 0.05) is 16.6 Å². The van der Waals surface area contributed by atoms with Gasteiger partial charge in [-0.15, -0.1) is 0 Å². The van der Waals surface area contributed by atoms with Gasteiger partial charge >= 0.3 is 0 Å². The Morgan fingerprint density at radius 1 is 1.19 bits per heavy atom. The molecular weight excluding hydrogens is 335 g/mol. The van der Waals surface area contributed by atoms with E-state index in [9.17, 15) is 4.39 Å². The molecule has 0 aliphatic carbocycles. The molecule has 2 N–H and O–H groups in total. The molecule has 1 aromatic heterocycles. The smallest absolute Gasteiger partial charge is 0.147 e. The Kier molecular flexibility index (Phi) is 5.50. The largest absolute Gasteiger partial charge is 0.370 e. The van der Waals surface area contributed by atoms with Gasteiger partial charge in [0.1, 0.15) is 23.8 Å². The molecule has 0 aliphatic heterocycles. The van der Waals surface area contributed by atoms with Crippen molar-refractivity contribution in [2.75, 3.05) is 17.2 Å². The number of hydrogen-bond acceptors (Lipinski definition) is 4. The summed E-state index contributed by atoms with van der Waals surface area (Å²) in [4.78, 5) is 8.52. The number of benzene rings is 1. The van der Waals surface area contributed by atoms with Crippen molar-refractivity contribution in [1.82, 2.24) is 9.97 Å². The fourth-order valence-corrected chi connectivity index (χ4v) is 2.38. The molecule has 0 saturated carbocycles. The lowest BCUT2D eigenvalue weighted by Crippen LogP contribution is -2.08. The molecule has 0 amide bonds. The van der Waals surface area contributed by atoms with Crippen LogP contribution >= 0.6 is 15.9 Å². The molecule has 0 bridgehead atoms. The van der Waals surface area contributed by atoms with Gasteiger partial charge in [-0.3, -0.25) is 0 Å². The molecule has 2 rings (SSSR count). The molecule has 0 unspecified atom stereocenters. The number of anilines is 3. The zero-order valence-electron chi connectivity index (χ0n) is 12.1. The van der Waals surface area contributed by atoms with Crippen molar-refractivity contribution in [3.63, 3.8) is 0 Å². The van der Waals surface area contributed by atoms with E-state index in [2.05, 4.69) is 43.5 Å². The second kappa shape index (κ2) is 7.36. The molecule has 2 aromatic rings. The van der Waals surface area contributed by atoms with Crippen LogP contribution in [0.5, 0.6) is 0 Å². The van der Waals surface area contributed by atoms with Crippen LogP contribution in [0.2, 0.25) is 0 Å². The summed E-state index contributed by atoms with van der Waals surface area (Å²) >= 11 is 3.25. The van der Waals surface area contributed by atoms with Gasteiger partial charge in [-0.25, -0.2) is 14.4 Å². The minimum Gasteiger partial charge on any atom is -0.370 e. The second-order valence-corrected chi connectivity index (χ2v) is 5.49. The first-order valence-corrected chi connectivity index (χ1v) is 7.74. The topological polar surface area (TPSA) is 49.8 Å². The summed E-state index contributed by atoms with van der Waals surface area (Å²) < 4.78 is 14.7. The molecule has 4 nitrogen and oxygen atoms in total. The zero-order chi connectivity index (χ0) is 15.2. The molecule has 0 fully saturated rings. The van der Waals surface area contributed by atoms with Crippen LogP contribution in [0.15, 0.2) is 29.0 Å². The lowest BCUT2D eigenvalue weighted by molar-refractivity contribution is 0.631. The fraction of sp³-hybridized carbons (Fsp3) is 0.333. The van der Waals surface area contributed by atoms with E-state index < -0.39 is 0 Å². The predicted molar refractivity (Wildman–Crippen MR) is 87.6 cm³/mol. The summed E-state index contributed by atoms with van der Waals surface area (Å²) in [5, 5.41) is 6.28. The molecule has 21 heavy (non-hydrogen) atoms. The maximum Gasteiger partial charge on any atom is 0.147 e. The molecule has 0 radical (unpaired) electrons. The summed E-state index contributed by atoms with van der Waals surface area (Å²) in [7, 11) is 0. The Hall–Kier alpha value is -1.69. The third-order valence-corrected chi connectivity index (χ3v) is 3.47. The first kappa shape index (κ1) is 15.7. The average Bonchev–Trinajstić information content (AvgIpc) is 2.45. The maximum absolute atomic E-state index is 14.0. The van der Waals surface area contributed by atoms with Gasteiger partial charge in [0.05, 0.1) is 5.69 Å². The van der Waals surface area contributed by atoms with Crippen molar-refractivity contribution >= 4 is 33.3 Å². The highest BCUT2D eigenvalue weighted by Crippen LogP contribution is 2.27. The Balaban J connectivity index is 2.36. The number of halogens is 2. The lowest BCUT2D eigenvalue weighted by Gasteiger charge is -2.15. The van der Waals surface area contributed by atoms with Crippen LogP contribution in [0.1, 0.15) is 25.8 Å². The van der Waals surface area contributed by atoms with Crippen molar-refractivity contribution < 1.29 is 4.39 Å². The Morgan fingerprint density at radius 2 is 1.95 bits per heavy atom. The molecule has 0 spiro atoms. The number of aromatic nitrogens is 2. The van der Waals surface area contributed by atoms with E-state index in [0.29, 0.717) is 16.0 Å². The van der Waals surface area contributed by atoms with Crippen molar-refractivity contribution in [2.45, 2.75) is 26.7 Å². The second-order valence-electron chi connectivity index (χ2n) is 4.58. The van der Waals surface area contributed by atoms with Gasteiger partial charge in [-0.1, -0.05) is 29.3 Å². The minimum absolute atomic E-state index is 0.324. The van der Waals surface area contributed by atoms with Crippen LogP contribution in [0.25, 0.3) is 0 Å². The zero-order valence-corrected chi connectivity index (χ0v) is 13.7. The van der Waals surface area contributed by atoms with E-state index in [1.165, 1.54) is 12.4 Å². The monoisotopic (exact) mass is 352 g/mol. The van der Waals surface area contributed by atoms with Crippen LogP contribution in [0.3, 0.4) is 0 Å². The highest BCUT2D eigenvalue weighted by atomic mass is 79.9. The quantitative estimate of drug-likeness (QED) is 0.803. The predicted octanol–water partition coefficient (Wildman–Crippen LogP) is 4.51. The lowest BCUT2D eigenvalue weighted by atomic mass is 10.1. The molecule has 6 heteroatoms. The SMILES string of the molecule is CCCc1c(NCC)ncnc1Nc1ccc(Br)cc1F. The van der Waals surface area contributed by atoms with E-state index >= 15 is 0 Å². The van der Waals surface area contributed by atoms with Crippen LogP contribution in [-0.2, 0) is 6.42 Å².